The van der Waals surface area contributed by atoms with Crippen LogP contribution in [0.3, 0.4) is 0 Å². The number of rotatable bonds is 3. The number of aryl methyl sites for hydroxylation is 2. The molecule has 0 saturated carbocycles. The fourth-order valence-corrected chi connectivity index (χ4v) is 2.23. The Bertz CT molecular complexity index is 633. The van der Waals surface area contributed by atoms with Crippen LogP contribution >= 0.6 is 0 Å². The van der Waals surface area contributed by atoms with Crippen molar-refractivity contribution in [2.75, 3.05) is 5.32 Å². The lowest BCUT2D eigenvalue weighted by Gasteiger charge is -2.14. The molecular formula is C17H19NO2. The maximum absolute atomic E-state index is 12.3. The van der Waals surface area contributed by atoms with Gasteiger partial charge in [0.1, 0.15) is 0 Å². The molecular weight excluding hydrogens is 250 g/mol. The molecule has 0 saturated heterocycles. The number of carbonyl (C=O) groups is 1. The molecule has 1 atom stereocenters. The standard InChI is InChI=1S/C17H19NO2/c1-11-8-9-14(12(2)10-11)17(20)18-16-7-5-4-6-15(16)13(3)19/h4-10,13,19H,1-3H3,(H,18,20). The second-order valence-electron chi connectivity index (χ2n) is 5.04. The normalized spacial score (nSPS) is 12.0. The van der Waals surface area contributed by atoms with Crippen molar-refractivity contribution in [3.8, 4) is 0 Å². The van der Waals surface area contributed by atoms with Gasteiger partial charge in [-0.3, -0.25) is 4.79 Å². The highest BCUT2D eigenvalue weighted by Crippen LogP contribution is 2.23. The third-order valence-electron chi connectivity index (χ3n) is 3.29. The van der Waals surface area contributed by atoms with Crippen LogP contribution in [0, 0.1) is 13.8 Å². The van der Waals surface area contributed by atoms with Gasteiger partial charge in [0.25, 0.3) is 5.91 Å². The molecule has 0 aromatic heterocycles. The smallest absolute Gasteiger partial charge is 0.255 e. The molecule has 20 heavy (non-hydrogen) atoms. The molecule has 2 aromatic carbocycles. The van der Waals surface area contributed by atoms with Crippen LogP contribution in [0.15, 0.2) is 42.5 Å². The lowest BCUT2D eigenvalue weighted by Crippen LogP contribution is -2.15. The number of carbonyl (C=O) groups excluding carboxylic acids is 1. The van der Waals surface area contributed by atoms with E-state index in [4.69, 9.17) is 0 Å². The highest BCUT2D eigenvalue weighted by atomic mass is 16.3. The van der Waals surface area contributed by atoms with Crippen LogP contribution in [0.5, 0.6) is 0 Å². The van der Waals surface area contributed by atoms with Crippen LogP contribution in [-0.4, -0.2) is 11.0 Å². The molecule has 2 rings (SSSR count). The van der Waals surface area contributed by atoms with Gasteiger partial charge in [0.15, 0.2) is 0 Å². The van der Waals surface area contributed by atoms with Crippen molar-refractivity contribution < 1.29 is 9.90 Å². The Morgan fingerprint density at radius 2 is 1.85 bits per heavy atom. The first-order valence-electron chi connectivity index (χ1n) is 6.64. The Labute approximate surface area is 119 Å². The Balaban J connectivity index is 2.28. The minimum absolute atomic E-state index is 0.157. The van der Waals surface area contributed by atoms with E-state index in [2.05, 4.69) is 5.32 Å². The SMILES string of the molecule is Cc1ccc(C(=O)Nc2ccccc2C(C)O)c(C)c1. The Morgan fingerprint density at radius 3 is 2.50 bits per heavy atom. The highest BCUT2D eigenvalue weighted by molar-refractivity contribution is 6.05. The van der Waals surface area contributed by atoms with E-state index >= 15 is 0 Å². The average Bonchev–Trinajstić information content (AvgIpc) is 2.38. The number of benzene rings is 2. The van der Waals surface area contributed by atoms with Crippen LogP contribution in [0.4, 0.5) is 5.69 Å². The van der Waals surface area contributed by atoms with Gasteiger partial charge in [0, 0.05) is 16.8 Å². The lowest BCUT2D eigenvalue weighted by molar-refractivity contribution is 0.102. The van der Waals surface area contributed by atoms with E-state index in [1.807, 2.05) is 50.2 Å². The van der Waals surface area contributed by atoms with Gasteiger partial charge < -0.3 is 10.4 Å². The quantitative estimate of drug-likeness (QED) is 0.894. The summed E-state index contributed by atoms with van der Waals surface area (Å²) in [6.07, 6.45) is -0.620. The predicted molar refractivity (Wildman–Crippen MR) is 80.9 cm³/mol. The minimum Gasteiger partial charge on any atom is -0.389 e. The van der Waals surface area contributed by atoms with E-state index in [1.54, 1.807) is 13.0 Å². The maximum Gasteiger partial charge on any atom is 0.255 e. The molecule has 0 aliphatic carbocycles. The van der Waals surface area contributed by atoms with Gasteiger partial charge in [0.05, 0.1) is 6.10 Å². The zero-order valence-electron chi connectivity index (χ0n) is 12.0. The molecule has 2 N–H and O–H groups in total. The van der Waals surface area contributed by atoms with E-state index in [0.717, 1.165) is 11.1 Å². The zero-order chi connectivity index (χ0) is 14.7. The molecule has 0 aliphatic rings. The Kier molecular flexibility index (Phi) is 4.20. The first-order chi connectivity index (χ1) is 9.49. The molecule has 1 unspecified atom stereocenters. The molecule has 0 spiro atoms. The summed E-state index contributed by atoms with van der Waals surface area (Å²) in [6, 6.07) is 13.0. The zero-order valence-corrected chi connectivity index (χ0v) is 12.0. The fraction of sp³-hybridized carbons (Fsp3) is 0.235. The molecule has 0 bridgehead atoms. The van der Waals surface area contributed by atoms with Gasteiger partial charge >= 0.3 is 0 Å². The predicted octanol–water partition coefficient (Wildman–Crippen LogP) is 3.61. The molecule has 1 amide bonds. The molecule has 0 heterocycles. The number of anilines is 1. The van der Waals surface area contributed by atoms with Crippen LogP contribution in [-0.2, 0) is 0 Å². The third-order valence-corrected chi connectivity index (χ3v) is 3.29. The van der Waals surface area contributed by atoms with Gasteiger partial charge in [-0.05, 0) is 38.5 Å². The van der Waals surface area contributed by atoms with Gasteiger partial charge in [-0.15, -0.1) is 0 Å². The van der Waals surface area contributed by atoms with Crippen molar-refractivity contribution in [3.05, 3.63) is 64.7 Å². The average molecular weight is 269 g/mol. The molecule has 0 fully saturated rings. The van der Waals surface area contributed by atoms with Crippen LogP contribution < -0.4 is 5.32 Å². The first kappa shape index (κ1) is 14.3. The Morgan fingerprint density at radius 1 is 1.15 bits per heavy atom. The second-order valence-corrected chi connectivity index (χ2v) is 5.04. The summed E-state index contributed by atoms with van der Waals surface area (Å²) in [7, 11) is 0. The monoisotopic (exact) mass is 269 g/mol. The summed E-state index contributed by atoms with van der Waals surface area (Å²) in [5.41, 5.74) is 4.08. The van der Waals surface area contributed by atoms with Gasteiger partial charge in [-0.25, -0.2) is 0 Å². The minimum atomic E-state index is -0.620. The van der Waals surface area contributed by atoms with E-state index in [-0.39, 0.29) is 5.91 Å². The van der Waals surface area contributed by atoms with Gasteiger partial charge in [-0.1, -0.05) is 35.9 Å². The molecule has 0 radical (unpaired) electrons. The summed E-state index contributed by atoms with van der Waals surface area (Å²) in [5.74, 6) is -0.157. The summed E-state index contributed by atoms with van der Waals surface area (Å²) in [5, 5.41) is 12.6. The van der Waals surface area contributed by atoms with Crippen LogP contribution in [0.1, 0.15) is 40.1 Å². The second kappa shape index (κ2) is 5.88. The number of hydrogen-bond acceptors (Lipinski definition) is 2. The number of amides is 1. The molecule has 2 aromatic rings. The van der Waals surface area contributed by atoms with Gasteiger partial charge in [-0.2, -0.15) is 0 Å². The number of para-hydroxylation sites is 1. The molecule has 3 nitrogen and oxygen atoms in total. The summed E-state index contributed by atoms with van der Waals surface area (Å²) >= 11 is 0. The van der Waals surface area contributed by atoms with Crippen LogP contribution in [0.2, 0.25) is 0 Å². The fourth-order valence-electron chi connectivity index (χ4n) is 2.23. The van der Waals surface area contributed by atoms with E-state index in [9.17, 15) is 9.90 Å². The first-order valence-corrected chi connectivity index (χ1v) is 6.64. The van der Waals surface area contributed by atoms with Crippen molar-refractivity contribution in [3.63, 3.8) is 0 Å². The van der Waals surface area contributed by atoms with Crippen molar-refractivity contribution in [1.82, 2.24) is 0 Å². The summed E-state index contributed by atoms with van der Waals surface area (Å²) < 4.78 is 0. The largest absolute Gasteiger partial charge is 0.389 e. The maximum atomic E-state index is 12.3. The van der Waals surface area contributed by atoms with Crippen LogP contribution in [0.25, 0.3) is 0 Å². The Hall–Kier alpha value is -2.13. The van der Waals surface area contributed by atoms with Crippen molar-refractivity contribution in [2.24, 2.45) is 0 Å². The topological polar surface area (TPSA) is 49.3 Å². The number of aliphatic hydroxyl groups is 1. The summed E-state index contributed by atoms with van der Waals surface area (Å²) in [6.45, 7) is 5.60. The lowest BCUT2D eigenvalue weighted by atomic mass is 10.0. The van der Waals surface area contributed by atoms with E-state index in [0.29, 0.717) is 16.8 Å². The van der Waals surface area contributed by atoms with Crippen molar-refractivity contribution in [1.29, 1.82) is 0 Å². The van der Waals surface area contributed by atoms with Gasteiger partial charge in [0.2, 0.25) is 0 Å². The van der Waals surface area contributed by atoms with Crippen molar-refractivity contribution in [2.45, 2.75) is 26.9 Å². The van der Waals surface area contributed by atoms with Crippen molar-refractivity contribution >= 4 is 11.6 Å². The number of aliphatic hydroxyl groups excluding tert-OH is 1. The molecule has 0 aliphatic heterocycles. The van der Waals surface area contributed by atoms with E-state index < -0.39 is 6.10 Å². The molecule has 3 heteroatoms. The third kappa shape index (κ3) is 3.06. The molecule has 104 valence electrons. The number of nitrogens with one attached hydrogen (secondary N) is 1. The summed E-state index contributed by atoms with van der Waals surface area (Å²) in [4.78, 5) is 12.3. The van der Waals surface area contributed by atoms with E-state index in [1.165, 1.54) is 0 Å². The number of hydrogen-bond donors (Lipinski definition) is 2. The highest BCUT2D eigenvalue weighted by Gasteiger charge is 2.13.